The van der Waals surface area contributed by atoms with E-state index in [9.17, 15) is 4.39 Å². The molecule has 0 aliphatic carbocycles. The fraction of sp³-hybridized carbons (Fsp3) is 0.300. The molecule has 0 bridgehead atoms. The van der Waals surface area contributed by atoms with Gasteiger partial charge in [0.15, 0.2) is 10.3 Å². The lowest BCUT2D eigenvalue weighted by atomic mass is 10.1. The minimum Gasteiger partial charge on any atom is -0.345 e. The molecule has 3 heterocycles. The smallest absolute Gasteiger partial charge is 0.186 e. The number of aryl methyl sites for hydroxylation is 2. The summed E-state index contributed by atoms with van der Waals surface area (Å²) in [6.07, 6.45) is 0. The van der Waals surface area contributed by atoms with Gasteiger partial charge in [-0.3, -0.25) is 0 Å². The van der Waals surface area contributed by atoms with Crippen molar-refractivity contribution in [3.8, 4) is 0 Å². The molecule has 1 aliphatic heterocycles. The van der Waals surface area contributed by atoms with Gasteiger partial charge >= 0.3 is 0 Å². The summed E-state index contributed by atoms with van der Waals surface area (Å²) < 4.78 is 16.1. The summed E-state index contributed by atoms with van der Waals surface area (Å²) in [6, 6.07) is 9.56. The molecule has 1 saturated heterocycles. The Hall–Kier alpha value is -2.25. The summed E-state index contributed by atoms with van der Waals surface area (Å²) in [5.74, 6) is -0.242. The Morgan fingerprint density at radius 2 is 1.48 bits per heavy atom. The Balaban J connectivity index is 1.36. The van der Waals surface area contributed by atoms with Gasteiger partial charge in [0.1, 0.15) is 11.3 Å². The zero-order chi connectivity index (χ0) is 18.5. The van der Waals surface area contributed by atoms with E-state index in [4.69, 9.17) is 4.98 Å². The van der Waals surface area contributed by atoms with E-state index in [1.807, 2.05) is 6.07 Å². The van der Waals surface area contributed by atoms with Gasteiger partial charge < -0.3 is 9.80 Å². The standard InChI is InChI=1S/C20H19FN4S2/c1-12-10-13(2)17-16(11-12)27-19(22-17)24-6-8-25(9-7-24)20-23-18-14(21)4-3-5-15(18)26-20/h3-5,10-11H,6-9H2,1-2H3. The Labute approximate surface area is 164 Å². The summed E-state index contributed by atoms with van der Waals surface area (Å²) in [5, 5.41) is 2.00. The third-order valence-corrected chi connectivity index (χ3v) is 7.14. The Bertz CT molecular complexity index is 1140. The highest BCUT2D eigenvalue weighted by Crippen LogP contribution is 2.34. The van der Waals surface area contributed by atoms with Crippen molar-refractivity contribution in [3.05, 3.63) is 47.3 Å². The maximum atomic E-state index is 13.9. The average molecular weight is 399 g/mol. The molecular weight excluding hydrogens is 379 g/mol. The third-order valence-electron chi connectivity index (χ3n) is 5.00. The van der Waals surface area contributed by atoms with Crippen molar-refractivity contribution in [2.24, 2.45) is 0 Å². The Kier molecular flexibility index (Phi) is 4.02. The number of benzene rings is 2. The molecule has 138 valence electrons. The van der Waals surface area contributed by atoms with Crippen LogP contribution in [0.3, 0.4) is 0 Å². The first kappa shape index (κ1) is 16.9. The maximum absolute atomic E-state index is 13.9. The summed E-state index contributed by atoms with van der Waals surface area (Å²) in [6.45, 7) is 7.80. The van der Waals surface area contributed by atoms with Crippen LogP contribution in [0.15, 0.2) is 30.3 Å². The first-order valence-corrected chi connectivity index (χ1v) is 10.6. The van der Waals surface area contributed by atoms with Crippen LogP contribution in [0.25, 0.3) is 20.4 Å². The molecular formula is C20H19FN4S2. The quantitative estimate of drug-likeness (QED) is 0.476. The Morgan fingerprint density at radius 1 is 0.852 bits per heavy atom. The second-order valence-corrected chi connectivity index (χ2v) is 9.00. The van der Waals surface area contributed by atoms with E-state index in [1.165, 1.54) is 21.9 Å². The first-order chi connectivity index (χ1) is 13.1. The number of hydrogen-bond donors (Lipinski definition) is 0. The van der Waals surface area contributed by atoms with E-state index in [0.29, 0.717) is 5.52 Å². The highest BCUT2D eigenvalue weighted by atomic mass is 32.1. The molecule has 0 unspecified atom stereocenters. The number of para-hydroxylation sites is 1. The van der Waals surface area contributed by atoms with Crippen LogP contribution >= 0.6 is 22.7 Å². The van der Waals surface area contributed by atoms with Crippen LogP contribution in [0.4, 0.5) is 14.7 Å². The number of nitrogens with zero attached hydrogens (tertiary/aromatic N) is 4. The lowest BCUT2D eigenvalue weighted by Gasteiger charge is -2.34. The number of rotatable bonds is 2. The van der Waals surface area contributed by atoms with Gasteiger partial charge in [-0.25, -0.2) is 14.4 Å². The average Bonchev–Trinajstić information content (AvgIpc) is 3.27. The molecule has 0 saturated carbocycles. The van der Waals surface area contributed by atoms with E-state index in [-0.39, 0.29) is 5.82 Å². The zero-order valence-corrected chi connectivity index (χ0v) is 16.8. The predicted molar refractivity (Wildman–Crippen MR) is 113 cm³/mol. The van der Waals surface area contributed by atoms with Gasteiger partial charge in [0, 0.05) is 26.2 Å². The van der Waals surface area contributed by atoms with E-state index >= 15 is 0 Å². The van der Waals surface area contributed by atoms with E-state index < -0.39 is 0 Å². The number of aromatic nitrogens is 2. The minimum absolute atomic E-state index is 0.242. The van der Waals surface area contributed by atoms with Crippen LogP contribution in [-0.4, -0.2) is 36.1 Å². The van der Waals surface area contributed by atoms with Gasteiger partial charge in [-0.2, -0.15) is 0 Å². The summed E-state index contributed by atoms with van der Waals surface area (Å²) in [5.41, 5.74) is 4.12. The molecule has 2 aromatic carbocycles. The number of thiazole rings is 2. The van der Waals surface area contributed by atoms with Crippen LogP contribution in [-0.2, 0) is 0 Å². The SMILES string of the molecule is Cc1cc(C)c2nc(N3CCN(c4nc5c(F)cccc5s4)CC3)sc2c1. The van der Waals surface area contributed by atoms with Crippen molar-refractivity contribution in [2.45, 2.75) is 13.8 Å². The predicted octanol–water partition coefficient (Wildman–Crippen LogP) is 4.99. The topological polar surface area (TPSA) is 32.3 Å². The van der Waals surface area contributed by atoms with Crippen molar-refractivity contribution in [1.82, 2.24) is 9.97 Å². The summed E-state index contributed by atoms with van der Waals surface area (Å²) >= 11 is 3.33. The van der Waals surface area contributed by atoms with Crippen LogP contribution < -0.4 is 9.80 Å². The molecule has 1 aliphatic rings. The van der Waals surface area contributed by atoms with Crippen molar-refractivity contribution in [2.75, 3.05) is 36.0 Å². The van der Waals surface area contributed by atoms with Crippen LogP contribution in [0.2, 0.25) is 0 Å². The van der Waals surface area contributed by atoms with Gasteiger partial charge in [-0.05, 0) is 43.2 Å². The lowest BCUT2D eigenvalue weighted by molar-refractivity contribution is 0.635. The van der Waals surface area contributed by atoms with Gasteiger partial charge in [0.25, 0.3) is 0 Å². The molecule has 0 N–H and O–H groups in total. The molecule has 1 fully saturated rings. The third kappa shape index (κ3) is 2.95. The molecule has 27 heavy (non-hydrogen) atoms. The fourth-order valence-corrected chi connectivity index (χ4v) is 5.85. The zero-order valence-electron chi connectivity index (χ0n) is 15.2. The molecule has 0 spiro atoms. The summed E-state index contributed by atoms with van der Waals surface area (Å²) in [7, 11) is 0. The van der Waals surface area contributed by atoms with Crippen molar-refractivity contribution in [1.29, 1.82) is 0 Å². The second kappa shape index (κ2) is 6.42. The van der Waals surface area contributed by atoms with E-state index in [0.717, 1.165) is 46.7 Å². The largest absolute Gasteiger partial charge is 0.345 e. The van der Waals surface area contributed by atoms with Crippen LogP contribution in [0, 0.1) is 19.7 Å². The normalized spacial score (nSPS) is 15.2. The lowest BCUT2D eigenvalue weighted by Crippen LogP contribution is -2.46. The number of anilines is 2. The molecule has 0 atom stereocenters. The van der Waals surface area contributed by atoms with E-state index in [1.54, 1.807) is 28.7 Å². The van der Waals surface area contributed by atoms with Crippen molar-refractivity contribution >= 4 is 53.4 Å². The van der Waals surface area contributed by atoms with Crippen LogP contribution in [0.1, 0.15) is 11.1 Å². The Morgan fingerprint density at radius 3 is 2.15 bits per heavy atom. The fourth-order valence-electron chi connectivity index (χ4n) is 3.62. The number of hydrogen-bond acceptors (Lipinski definition) is 6. The highest BCUT2D eigenvalue weighted by Gasteiger charge is 2.23. The molecule has 4 nitrogen and oxygen atoms in total. The molecule has 7 heteroatoms. The van der Waals surface area contributed by atoms with Gasteiger partial charge in [-0.1, -0.05) is 34.8 Å². The molecule has 0 amide bonds. The molecule has 4 aromatic rings. The summed E-state index contributed by atoms with van der Waals surface area (Å²) in [4.78, 5) is 14.0. The minimum atomic E-state index is -0.242. The molecule has 2 aromatic heterocycles. The van der Waals surface area contributed by atoms with Gasteiger partial charge in [0.05, 0.1) is 14.9 Å². The van der Waals surface area contributed by atoms with E-state index in [2.05, 4.69) is 40.8 Å². The van der Waals surface area contributed by atoms with Crippen molar-refractivity contribution in [3.63, 3.8) is 0 Å². The van der Waals surface area contributed by atoms with Crippen molar-refractivity contribution < 1.29 is 4.39 Å². The van der Waals surface area contributed by atoms with Crippen LogP contribution in [0.5, 0.6) is 0 Å². The first-order valence-electron chi connectivity index (χ1n) is 9.01. The molecule has 0 radical (unpaired) electrons. The second-order valence-electron chi connectivity index (χ2n) is 6.98. The number of halogens is 1. The highest BCUT2D eigenvalue weighted by molar-refractivity contribution is 7.22. The van der Waals surface area contributed by atoms with Gasteiger partial charge in [0.2, 0.25) is 0 Å². The van der Waals surface area contributed by atoms with Gasteiger partial charge in [-0.15, -0.1) is 0 Å². The monoisotopic (exact) mass is 398 g/mol. The molecule has 5 rings (SSSR count). The maximum Gasteiger partial charge on any atom is 0.186 e. The number of piperazine rings is 1. The number of fused-ring (bicyclic) bond motifs is 2.